The summed E-state index contributed by atoms with van der Waals surface area (Å²) in [6.07, 6.45) is 0. The van der Waals surface area contributed by atoms with Crippen LogP contribution in [0.3, 0.4) is 0 Å². The lowest BCUT2D eigenvalue weighted by Crippen LogP contribution is -2.01. The maximum absolute atomic E-state index is 6.23. The lowest BCUT2D eigenvalue weighted by atomic mass is 10.2. The molecule has 0 amide bonds. The van der Waals surface area contributed by atoms with E-state index in [0.29, 0.717) is 22.2 Å². The van der Waals surface area contributed by atoms with Gasteiger partial charge >= 0.3 is 0 Å². The molecule has 0 aliphatic heterocycles. The van der Waals surface area contributed by atoms with E-state index in [1.165, 1.54) is 0 Å². The predicted molar refractivity (Wildman–Crippen MR) is 89.4 cm³/mol. The van der Waals surface area contributed by atoms with Crippen LogP contribution < -0.4 is 5.73 Å². The molecule has 0 unspecified atom stereocenters. The molecule has 3 aromatic rings. The predicted octanol–water partition coefficient (Wildman–Crippen LogP) is 4.09. The molecule has 0 radical (unpaired) electrons. The van der Waals surface area contributed by atoms with Gasteiger partial charge in [0, 0.05) is 20.2 Å². The van der Waals surface area contributed by atoms with Gasteiger partial charge in [0.05, 0.1) is 10.7 Å². The van der Waals surface area contributed by atoms with Crippen LogP contribution in [-0.2, 0) is 0 Å². The third-order valence-corrected chi connectivity index (χ3v) is 4.40. The monoisotopic (exact) mass is 427 g/mol. The molecule has 21 heavy (non-hydrogen) atoms. The Morgan fingerprint density at radius 1 is 1.10 bits per heavy atom. The molecule has 0 spiro atoms. The number of aromatic nitrogens is 4. The number of benzene rings is 2. The maximum atomic E-state index is 6.23. The number of nitrogens with two attached hydrogens (primary N) is 1. The molecule has 1 aromatic heterocycles. The van der Waals surface area contributed by atoms with Crippen molar-refractivity contribution < 1.29 is 0 Å². The van der Waals surface area contributed by atoms with E-state index in [2.05, 4.69) is 47.4 Å². The molecule has 0 saturated carbocycles. The van der Waals surface area contributed by atoms with Gasteiger partial charge in [0.25, 0.3) is 0 Å². The number of nitrogen functional groups attached to an aromatic ring is 1. The summed E-state index contributed by atoms with van der Waals surface area (Å²) in [4.78, 5) is 0. The highest BCUT2D eigenvalue weighted by molar-refractivity contribution is 9.10. The Bertz CT molecular complexity index is 818. The van der Waals surface area contributed by atoms with Crippen LogP contribution in [0.2, 0.25) is 5.02 Å². The van der Waals surface area contributed by atoms with Crippen molar-refractivity contribution in [1.29, 1.82) is 0 Å². The molecule has 0 aliphatic rings. The van der Waals surface area contributed by atoms with E-state index in [9.17, 15) is 0 Å². The highest BCUT2D eigenvalue weighted by atomic mass is 79.9. The van der Waals surface area contributed by atoms with Crippen molar-refractivity contribution >= 4 is 49.1 Å². The molecule has 0 saturated heterocycles. The normalized spacial score (nSPS) is 10.8. The summed E-state index contributed by atoms with van der Waals surface area (Å²) in [7, 11) is 0. The van der Waals surface area contributed by atoms with Gasteiger partial charge in [0.1, 0.15) is 0 Å². The zero-order valence-electron chi connectivity index (χ0n) is 10.5. The molecule has 0 bridgehead atoms. The lowest BCUT2D eigenvalue weighted by Gasteiger charge is -2.08. The van der Waals surface area contributed by atoms with Gasteiger partial charge in [0.2, 0.25) is 0 Å². The number of tetrazole rings is 1. The van der Waals surface area contributed by atoms with E-state index >= 15 is 0 Å². The van der Waals surface area contributed by atoms with Crippen LogP contribution in [0.25, 0.3) is 17.1 Å². The summed E-state index contributed by atoms with van der Waals surface area (Å²) in [5.74, 6) is 0.564. The third-order valence-electron chi connectivity index (χ3n) is 2.86. The van der Waals surface area contributed by atoms with Crippen molar-refractivity contribution in [2.24, 2.45) is 0 Å². The Morgan fingerprint density at radius 3 is 2.67 bits per heavy atom. The van der Waals surface area contributed by atoms with Gasteiger partial charge in [-0.1, -0.05) is 27.5 Å². The van der Waals surface area contributed by atoms with Crippen LogP contribution >= 0.6 is 43.5 Å². The van der Waals surface area contributed by atoms with Crippen molar-refractivity contribution in [3.05, 3.63) is 50.4 Å². The van der Waals surface area contributed by atoms with Crippen molar-refractivity contribution in [2.75, 3.05) is 5.73 Å². The molecular weight excluding hydrogens is 421 g/mol. The quantitative estimate of drug-likeness (QED) is 0.623. The maximum Gasteiger partial charge on any atom is 0.187 e. The second-order valence-corrected chi connectivity index (χ2v) is 6.42. The Hall–Kier alpha value is -1.44. The van der Waals surface area contributed by atoms with Gasteiger partial charge in [-0.15, -0.1) is 5.10 Å². The molecule has 2 aromatic carbocycles. The van der Waals surface area contributed by atoms with E-state index in [0.717, 1.165) is 14.5 Å². The molecule has 5 nitrogen and oxygen atoms in total. The first-order chi connectivity index (χ1) is 10.1. The van der Waals surface area contributed by atoms with Crippen LogP contribution in [0.15, 0.2) is 45.3 Å². The molecule has 8 heteroatoms. The number of anilines is 1. The van der Waals surface area contributed by atoms with Gasteiger partial charge in [-0.2, -0.15) is 4.68 Å². The van der Waals surface area contributed by atoms with E-state index in [1.807, 2.05) is 24.3 Å². The molecule has 3 rings (SSSR count). The number of hydrogen-bond donors (Lipinski definition) is 1. The highest BCUT2D eigenvalue weighted by Gasteiger charge is 2.14. The summed E-state index contributed by atoms with van der Waals surface area (Å²) in [6, 6.07) is 11.0. The Morgan fingerprint density at radius 2 is 1.90 bits per heavy atom. The molecule has 1 heterocycles. The fraction of sp³-hybridized carbons (Fsp3) is 0. The summed E-state index contributed by atoms with van der Waals surface area (Å²) in [5, 5.41) is 12.4. The topological polar surface area (TPSA) is 69.6 Å². The van der Waals surface area contributed by atoms with Crippen molar-refractivity contribution in [1.82, 2.24) is 20.2 Å². The summed E-state index contributed by atoms with van der Waals surface area (Å²) in [6.45, 7) is 0. The zero-order chi connectivity index (χ0) is 15.0. The molecule has 0 fully saturated rings. The Balaban J connectivity index is 2.17. The largest absolute Gasteiger partial charge is 0.398 e. The SMILES string of the molecule is Nc1cc(-c2nnnn2-c2cc(Br)ccc2Cl)ccc1Br. The van der Waals surface area contributed by atoms with Crippen molar-refractivity contribution in [3.8, 4) is 17.1 Å². The molecule has 0 atom stereocenters. The van der Waals surface area contributed by atoms with Gasteiger partial charge in [-0.3, -0.25) is 0 Å². The minimum Gasteiger partial charge on any atom is -0.398 e. The van der Waals surface area contributed by atoms with E-state index in [1.54, 1.807) is 16.8 Å². The average molecular weight is 430 g/mol. The first kappa shape index (κ1) is 14.5. The van der Waals surface area contributed by atoms with Crippen molar-refractivity contribution in [3.63, 3.8) is 0 Å². The van der Waals surface area contributed by atoms with E-state index < -0.39 is 0 Å². The van der Waals surface area contributed by atoms with Crippen LogP contribution in [0.5, 0.6) is 0 Å². The second-order valence-electron chi connectivity index (χ2n) is 4.25. The van der Waals surface area contributed by atoms with Gasteiger partial charge < -0.3 is 5.73 Å². The third kappa shape index (κ3) is 2.81. The lowest BCUT2D eigenvalue weighted by molar-refractivity contribution is 0.791. The number of nitrogens with zero attached hydrogens (tertiary/aromatic N) is 4. The average Bonchev–Trinajstić information content (AvgIpc) is 2.93. The fourth-order valence-corrected chi connectivity index (χ4v) is 2.65. The molecule has 2 N–H and O–H groups in total. The summed E-state index contributed by atoms with van der Waals surface area (Å²) in [5.41, 5.74) is 8.01. The standard InChI is InChI=1S/C13H8Br2ClN5/c14-8-2-4-10(16)12(6-8)21-13(18-19-20-21)7-1-3-9(15)11(17)5-7/h1-6H,17H2. The smallest absolute Gasteiger partial charge is 0.187 e. The van der Waals surface area contributed by atoms with Crippen LogP contribution in [0.4, 0.5) is 5.69 Å². The minimum atomic E-state index is 0.553. The van der Waals surface area contributed by atoms with E-state index in [4.69, 9.17) is 17.3 Å². The fourth-order valence-electron chi connectivity index (χ4n) is 1.86. The minimum absolute atomic E-state index is 0.553. The van der Waals surface area contributed by atoms with Crippen LogP contribution in [-0.4, -0.2) is 20.2 Å². The van der Waals surface area contributed by atoms with Gasteiger partial charge in [0.15, 0.2) is 5.82 Å². The number of halogens is 3. The first-order valence-corrected chi connectivity index (χ1v) is 7.82. The molecular formula is C13H8Br2ClN5. The Labute approximate surface area is 142 Å². The molecule has 106 valence electrons. The summed E-state index contributed by atoms with van der Waals surface area (Å²) >= 11 is 13.0. The van der Waals surface area contributed by atoms with Gasteiger partial charge in [-0.05, 0) is 62.8 Å². The number of rotatable bonds is 2. The van der Waals surface area contributed by atoms with Crippen LogP contribution in [0.1, 0.15) is 0 Å². The van der Waals surface area contributed by atoms with Gasteiger partial charge in [-0.25, -0.2) is 0 Å². The van der Waals surface area contributed by atoms with E-state index in [-0.39, 0.29) is 0 Å². The first-order valence-electron chi connectivity index (χ1n) is 5.85. The van der Waals surface area contributed by atoms with Crippen LogP contribution in [0, 0.1) is 0 Å². The second kappa shape index (κ2) is 5.75. The zero-order valence-corrected chi connectivity index (χ0v) is 14.4. The van der Waals surface area contributed by atoms with Crippen molar-refractivity contribution in [2.45, 2.75) is 0 Å². The Kier molecular flexibility index (Phi) is 3.97. The highest BCUT2D eigenvalue weighted by Crippen LogP contribution is 2.29. The number of hydrogen-bond acceptors (Lipinski definition) is 4. The molecule has 0 aliphatic carbocycles. The summed E-state index contributed by atoms with van der Waals surface area (Å²) < 4.78 is 3.29.